The van der Waals surface area contributed by atoms with Crippen molar-refractivity contribution < 1.29 is 14.7 Å². The fourth-order valence-electron chi connectivity index (χ4n) is 4.70. The van der Waals surface area contributed by atoms with Gasteiger partial charge in [0.15, 0.2) is 0 Å². The summed E-state index contributed by atoms with van der Waals surface area (Å²) in [6.07, 6.45) is 8.77. The summed E-state index contributed by atoms with van der Waals surface area (Å²) in [6, 6.07) is 2.03. The molecule has 1 aliphatic rings. The van der Waals surface area contributed by atoms with Gasteiger partial charge < -0.3 is 21.1 Å². The first-order chi connectivity index (χ1) is 16.3. The number of primary amides is 1. The van der Waals surface area contributed by atoms with Crippen molar-refractivity contribution in [1.82, 2.24) is 24.3 Å². The lowest BCUT2D eigenvalue weighted by Gasteiger charge is -2.39. The molecule has 34 heavy (non-hydrogen) atoms. The van der Waals surface area contributed by atoms with Crippen molar-refractivity contribution in [2.24, 2.45) is 11.7 Å². The van der Waals surface area contributed by atoms with Gasteiger partial charge in [-0.15, -0.1) is 0 Å². The van der Waals surface area contributed by atoms with Gasteiger partial charge >= 0.3 is 0 Å². The third-order valence-corrected chi connectivity index (χ3v) is 6.58. The van der Waals surface area contributed by atoms with Crippen LogP contribution in [0.2, 0.25) is 0 Å². The SMILES string of the molecule is CCCn1cc(-c2cc3c(N[C@@H]4CCN(C(=O)[C@@H](C)O)C[C@@H]4CC)c(C(N)=O)cnn3c2)cn1. The highest BCUT2D eigenvalue weighted by atomic mass is 16.3. The number of likely N-dealkylation sites (tertiary alicyclic amines) is 1. The van der Waals surface area contributed by atoms with Gasteiger partial charge in [-0.2, -0.15) is 10.2 Å². The fraction of sp³-hybridized carbons (Fsp3) is 0.500. The number of aromatic nitrogens is 4. The Kier molecular flexibility index (Phi) is 6.87. The van der Waals surface area contributed by atoms with Crippen LogP contribution >= 0.6 is 0 Å². The van der Waals surface area contributed by atoms with E-state index in [0.717, 1.165) is 36.0 Å². The molecule has 0 bridgehead atoms. The summed E-state index contributed by atoms with van der Waals surface area (Å²) in [5, 5.41) is 22.1. The van der Waals surface area contributed by atoms with Crippen molar-refractivity contribution in [3.05, 3.63) is 36.4 Å². The average Bonchev–Trinajstić information content (AvgIpc) is 3.46. The maximum absolute atomic E-state index is 12.3. The molecule has 4 heterocycles. The van der Waals surface area contributed by atoms with Gasteiger partial charge in [-0.1, -0.05) is 13.8 Å². The number of anilines is 1. The molecule has 3 aromatic rings. The van der Waals surface area contributed by atoms with Crippen LogP contribution in [-0.4, -0.2) is 66.5 Å². The highest BCUT2D eigenvalue weighted by Gasteiger charge is 2.32. The van der Waals surface area contributed by atoms with E-state index in [0.29, 0.717) is 30.8 Å². The number of fused-ring (bicyclic) bond motifs is 1. The first-order valence-electron chi connectivity index (χ1n) is 11.9. The molecule has 0 aliphatic carbocycles. The number of carbonyl (C=O) groups excluding carboxylic acids is 2. The molecule has 0 unspecified atom stereocenters. The summed E-state index contributed by atoms with van der Waals surface area (Å²) in [5.41, 5.74) is 9.36. The molecule has 0 radical (unpaired) electrons. The van der Waals surface area contributed by atoms with Crippen LogP contribution in [0.4, 0.5) is 5.69 Å². The van der Waals surface area contributed by atoms with Gasteiger partial charge in [0.2, 0.25) is 0 Å². The predicted octanol–water partition coefficient (Wildman–Crippen LogP) is 2.13. The van der Waals surface area contributed by atoms with Crippen molar-refractivity contribution in [3.8, 4) is 11.1 Å². The second kappa shape index (κ2) is 9.84. The van der Waals surface area contributed by atoms with E-state index in [9.17, 15) is 14.7 Å². The Labute approximate surface area is 198 Å². The summed E-state index contributed by atoms with van der Waals surface area (Å²) in [4.78, 5) is 26.3. The van der Waals surface area contributed by atoms with Crippen molar-refractivity contribution >= 4 is 23.0 Å². The monoisotopic (exact) mass is 467 g/mol. The lowest BCUT2D eigenvalue weighted by atomic mass is 9.89. The van der Waals surface area contributed by atoms with Crippen molar-refractivity contribution in [1.29, 1.82) is 0 Å². The molecule has 10 nitrogen and oxygen atoms in total. The molecule has 0 aromatic carbocycles. The number of aliphatic hydroxyl groups excluding tert-OH is 1. The number of rotatable bonds is 8. The van der Waals surface area contributed by atoms with Gasteiger partial charge in [0.05, 0.1) is 29.2 Å². The maximum Gasteiger partial charge on any atom is 0.252 e. The Morgan fingerprint density at radius 2 is 2.03 bits per heavy atom. The third-order valence-electron chi connectivity index (χ3n) is 6.58. The summed E-state index contributed by atoms with van der Waals surface area (Å²) in [5.74, 6) is -0.640. The zero-order valence-corrected chi connectivity index (χ0v) is 19.9. The summed E-state index contributed by atoms with van der Waals surface area (Å²) < 4.78 is 3.65. The number of carbonyl (C=O) groups is 2. The van der Waals surface area contributed by atoms with E-state index >= 15 is 0 Å². The van der Waals surface area contributed by atoms with Gasteiger partial charge in [0.25, 0.3) is 11.8 Å². The number of hydrogen-bond acceptors (Lipinski definition) is 6. The zero-order chi connectivity index (χ0) is 24.4. The van der Waals surface area contributed by atoms with Crippen molar-refractivity contribution in [2.75, 3.05) is 18.4 Å². The van der Waals surface area contributed by atoms with E-state index in [1.807, 2.05) is 29.3 Å². The summed E-state index contributed by atoms with van der Waals surface area (Å²) in [7, 11) is 0. The van der Waals surface area contributed by atoms with Gasteiger partial charge in [-0.3, -0.25) is 14.3 Å². The number of aliphatic hydroxyl groups is 1. The molecular weight excluding hydrogens is 434 g/mol. The number of nitrogens with zero attached hydrogens (tertiary/aromatic N) is 5. The van der Waals surface area contributed by atoms with E-state index in [-0.39, 0.29) is 17.9 Å². The molecule has 0 saturated carbocycles. The second-order valence-corrected chi connectivity index (χ2v) is 9.02. The maximum atomic E-state index is 12.3. The highest BCUT2D eigenvalue weighted by Crippen LogP contribution is 2.31. The van der Waals surface area contributed by atoms with Crippen LogP contribution in [0, 0.1) is 5.92 Å². The van der Waals surface area contributed by atoms with Crippen LogP contribution in [0.15, 0.2) is 30.9 Å². The molecule has 4 N–H and O–H groups in total. The number of aryl methyl sites for hydroxylation is 1. The normalized spacial score (nSPS) is 19.4. The van der Waals surface area contributed by atoms with Crippen molar-refractivity contribution in [3.63, 3.8) is 0 Å². The van der Waals surface area contributed by atoms with E-state index in [4.69, 9.17) is 5.73 Å². The van der Waals surface area contributed by atoms with Gasteiger partial charge in [-0.05, 0) is 38.2 Å². The number of hydrogen-bond donors (Lipinski definition) is 3. The number of nitrogens with one attached hydrogen (secondary N) is 1. The van der Waals surface area contributed by atoms with E-state index < -0.39 is 12.0 Å². The smallest absolute Gasteiger partial charge is 0.252 e. The molecule has 2 amide bonds. The highest BCUT2D eigenvalue weighted by molar-refractivity contribution is 6.02. The summed E-state index contributed by atoms with van der Waals surface area (Å²) >= 11 is 0. The van der Waals surface area contributed by atoms with E-state index in [1.165, 1.54) is 13.1 Å². The van der Waals surface area contributed by atoms with E-state index in [1.54, 1.807) is 9.42 Å². The Bertz CT molecular complexity index is 1180. The average molecular weight is 468 g/mol. The number of piperidine rings is 1. The Morgan fingerprint density at radius 1 is 1.24 bits per heavy atom. The van der Waals surface area contributed by atoms with Crippen LogP contribution in [0.1, 0.15) is 50.4 Å². The standard InChI is InChI=1S/C24H33N7O3/c1-4-7-30-13-18(10-26-30)17-9-21-22(19(23(25)33)11-27-31(21)14-17)28-20-6-8-29(12-16(20)5-2)24(34)15(3)32/h9-11,13-16,20,28,32H,4-8,12H2,1-3H3,(H2,25,33)/t15-,16+,20-/m1/s1. The zero-order valence-electron chi connectivity index (χ0n) is 19.9. The molecule has 1 aliphatic heterocycles. The van der Waals surface area contributed by atoms with Crippen LogP contribution in [0.25, 0.3) is 16.6 Å². The fourth-order valence-corrected chi connectivity index (χ4v) is 4.70. The van der Waals surface area contributed by atoms with Crippen LogP contribution in [0.5, 0.6) is 0 Å². The van der Waals surface area contributed by atoms with Crippen LogP contribution in [-0.2, 0) is 11.3 Å². The van der Waals surface area contributed by atoms with E-state index in [2.05, 4.69) is 29.4 Å². The molecule has 182 valence electrons. The topological polar surface area (TPSA) is 131 Å². The molecule has 4 rings (SSSR count). The summed E-state index contributed by atoms with van der Waals surface area (Å²) in [6.45, 7) is 7.61. The molecule has 1 fully saturated rings. The Morgan fingerprint density at radius 3 is 2.71 bits per heavy atom. The van der Waals surface area contributed by atoms with Gasteiger partial charge in [0, 0.05) is 49.2 Å². The number of nitrogens with two attached hydrogens (primary N) is 1. The Hall–Kier alpha value is -3.40. The molecular formula is C24H33N7O3. The van der Waals surface area contributed by atoms with Crippen LogP contribution < -0.4 is 11.1 Å². The number of amides is 2. The molecule has 10 heteroatoms. The largest absolute Gasteiger partial charge is 0.384 e. The second-order valence-electron chi connectivity index (χ2n) is 9.02. The lowest BCUT2D eigenvalue weighted by Crippen LogP contribution is -2.50. The Balaban J connectivity index is 1.66. The molecule has 0 spiro atoms. The minimum absolute atomic E-state index is 0.0398. The quantitative estimate of drug-likeness (QED) is 0.465. The van der Waals surface area contributed by atoms with Crippen molar-refractivity contribution in [2.45, 2.75) is 58.7 Å². The molecule has 3 atom stereocenters. The molecule has 1 saturated heterocycles. The first kappa shape index (κ1) is 23.7. The minimum atomic E-state index is -1.01. The third kappa shape index (κ3) is 4.63. The first-order valence-corrected chi connectivity index (χ1v) is 11.9. The minimum Gasteiger partial charge on any atom is -0.384 e. The lowest BCUT2D eigenvalue weighted by molar-refractivity contribution is -0.141. The van der Waals surface area contributed by atoms with Gasteiger partial charge in [0.1, 0.15) is 6.10 Å². The van der Waals surface area contributed by atoms with Crippen LogP contribution in [0.3, 0.4) is 0 Å². The van der Waals surface area contributed by atoms with Gasteiger partial charge in [-0.25, -0.2) is 4.52 Å². The molecule has 3 aromatic heterocycles. The predicted molar refractivity (Wildman–Crippen MR) is 129 cm³/mol.